The molecule has 2 rings (SSSR count). The van der Waals surface area contributed by atoms with E-state index in [2.05, 4.69) is 15.9 Å². The van der Waals surface area contributed by atoms with Crippen LogP contribution in [0.5, 0.6) is 0 Å². The summed E-state index contributed by atoms with van der Waals surface area (Å²) in [6.45, 7) is 3.87. The summed E-state index contributed by atoms with van der Waals surface area (Å²) in [5.41, 5.74) is 6.58. The molecule has 1 aromatic rings. The molecule has 0 amide bonds. The average Bonchev–Trinajstić information content (AvgIpc) is 2.43. The first-order valence-electron chi connectivity index (χ1n) is 6.98. The molecule has 5 heteroatoms. The Hall–Kier alpha value is -0.490. The van der Waals surface area contributed by atoms with Gasteiger partial charge in [0.2, 0.25) is 0 Å². The van der Waals surface area contributed by atoms with E-state index in [1.807, 2.05) is 13.0 Å². The second-order valence-electron chi connectivity index (χ2n) is 5.16. The number of ether oxygens (including phenoxy) is 2. The monoisotopic (exact) mass is 345 g/mol. The molecule has 1 saturated heterocycles. The van der Waals surface area contributed by atoms with E-state index >= 15 is 0 Å². The van der Waals surface area contributed by atoms with Gasteiger partial charge in [0.1, 0.15) is 5.82 Å². The van der Waals surface area contributed by atoms with E-state index in [4.69, 9.17) is 15.2 Å². The first kappa shape index (κ1) is 15.9. The van der Waals surface area contributed by atoms with E-state index in [9.17, 15) is 4.39 Å². The molecule has 0 bridgehead atoms. The van der Waals surface area contributed by atoms with Crippen molar-refractivity contribution in [1.82, 2.24) is 0 Å². The van der Waals surface area contributed by atoms with Crippen molar-refractivity contribution in [3.8, 4) is 0 Å². The Morgan fingerprint density at radius 3 is 2.75 bits per heavy atom. The molecule has 0 aliphatic carbocycles. The number of halogens is 2. The quantitative estimate of drug-likeness (QED) is 0.891. The predicted molar refractivity (Wildman–Crippen MR) is 80.2 cm³/mol. The van der Waals surface area contributed by atoms with Gasteiger partial charge in [-0.15, -0.1) is 0 Å². The summed E-state index contributed by atoms with van der Waals surface area (Å²) in [5.74, 6) is -0.228. The van der Waals surface area contributed by atoms with Gasteiger partial charge in [-0.05, 0) is 31.0 Å². The molecule has 0 saturated carbocycles. The van der Waals surface area contributed by atoms with Crippen LogP contribution in [0.1, 0.15) is 25.3 Å². The Kier molecular flexibility index (Phi) is 5.55. The topological polar surface area (TPSA) is 44.5 Å². The highest BCUT2D eigenvalue weighted by molar-refractivity contribution is 9.10. The van der Waals surface area contributed by atoms with E-state index < -0.39 is 5.60 Å². The summed E-state index contributed by atoms with van der Waals surface area (Å²) in [7, 11) is 0. The Balaban J connectivity index is 2.13. The molecule has 1 aromatic carbocycles. The van der Waals surface area contributed by atoms with Crippen molar-refractivity contribution >= 4 is 15.9 Å². The fourth-order valence-corrected chi connectivity index (χ4v) is 3.07. The zero-order chi connectivity index (χ0) is 14.6. The highest BCUT2D eigenvalue weighted by Gasteiger charge is 2.39. The minimum absolute atomic E-state index is 0.228. The number of hydrogen-bond donors (Lipinski definition) is 1. The van der Waals surface area contributed by atoms with Crippen LogP contribution in [0, 0.1) is 5.82 Å². The van der Waals surface area contributed by atoms with Crippen LogP contribution in [0.3, 0.4) is 0 Å². The average molecular weight is 346 g/mol. The normalized spacial score (nSPS) is 19.8. The molecular weight excluding hydrogens is 325 g/mol. The third-order valence-corrected chi connectivity index (χ3v) is 4.39. The minimum atomic E-state index is -0.396. The van der Waals surface area contributed by atoms with Crippen LogP contribution in [-0.4, -0.2) is 31.5 Å². The lowest BCUT2D eigenvalue weighted by Gasteiger charge is -2.41. The van der Waals surface area contributed by atoms with Gasteiger partial charge < -0.3 is 15.2 Å². The van der Waals surface area contributed by atoms with Crippen molar-refractivity contribution in [3.05, 3.63) is 34.1 Å². The van der Waals surface area contributed by atoms with E-state index in [1.165, 1.54) is 6.07 Å². The van der Waals surface area contributed by atoms with Gasteiger partial charge in [-0.2, -0.15) is 0 Å². The van der Waals surface area contributed by atoms with Crippen LogP contribution in [0.25, 0.3) is 0 Å². The second kappa shape index (κ2) is 6.98. The molecule has 1 aliphatic rings. The van der Waals surface area contributed by atoms with Gasteiger partial charge in [0.05, 0.1) is 5.60 Å². The van der Waals surface area contributed by atoms with Crippen LogP contribution in [0.4, 0.5) is 4.39 Å². The van der Waals surface area contributed by atoms with Crippen molar-refractivity contribution in [2.24, 2.45) is 5.73 Å². The summed E-state index contributed by atoms with van der Waals surface area (Å²) >= 11 is 3.26. The molecule has 20 heavy (non-hydrogen) atoms. The van der Waals surface area contributed by atoms with E-state index in [0.717, 1.165) is 17.3 Å². The molecule has 1 atom stereocenters. The Labute approximate surface area is 127 Å². The molecule has 2 N–H and O–H groups in total. The maximum Gasteiger partial charge on any atom is 0.127 e. The number of rotatable bonds is 5. The zero-order valence-corrected chi connectivity index (χ0v) is 13.3. The molecule has 1 aliphatic heterocycles. The summed E-state index contributed by atoms with van der Waals surface area (Å²) in [6.07, 6.45) is 2.00. The Bertz CT molecular complexity index is 444. The molecule has 0 spiro atoms. The van der Waals surface area contributed by atoms with Crippen LogP contribution >= 0.6 is 15.9 Å². The van der Waals surface area contributed by atoms with Gasteiger partial charge >= 0.3 is 0 Å². The summed E-state index contributed by atoms with van der Waals surface area (Å²) in [5, 5.41) is 0. The largest absolute Gasteiger partial charge is 0.381 e. The van der Waals surface area contributed by atoms with Crippen LogP contribution in [0.15, 0.2) is 22.7 Å². The van der Waals surface area contributed by atoms with Crippen molar-refractivity contribution < 1.29 is 13.9 Å². The molecule has 0 radical (unpaired) electrons. The Morgan fingerprint density at radius 2 is 2.15 bits per heavy atom. The molecule has 1 unspecified atom stereocenters. The standard InChI is InChI=1S/C15H21BrFNO2/c1-2-20-15(5-7-19-8-6-15)14(18)9-11-3-4-12(16)10-13(11)17/h3-4,10,14H,2,5-9,18H2,1H3. The lowest BCUT2D eigenvalue weighted by molar-refractivity contribution is -0.120. The highest BCUT2D eigenvalue weighted by Crippen LogP contribution is 2.30. The SMILES string of the molecule is CCOC1(C(N)Cc2ccc(Br)cc2F)CCOCC1. The molecule has 3 nitrogen and oxygen atoms in total. The van der Waals surface area contributed by atoms with E-state index in [-0.39, 0.29) is 11.9 Å². The highest BCUT2D eigenvalue weighted by atomic mass is 79.9. The van der Waals surface area contributed by atoms with E-state index in [1.54, 1.807) is 6.07 Å². The number of nitrogens with two attached hydrogens (primary N) is 1. The summed E-state index contributed by atoms with van der Waals surface area (Å²) in [4.78, 5) is 0. The molecule has 112 valence electrons. The van der Waals surface area contributed by atoms with Gasteiger partial charge in [0.15, 0.2) is 0 Å². The maximum atomic E-state index is 13.9. The molecule has 0 aromatic heterocycles. The Morgan fingerprint density at radius 1 is 1.45 bits per heavy atom. The van der Waals surface area contributed by atoms with E-state index in [0.29, 0.717) is 31.8 Å². The third-order valence-electron chi connectivity index (χ3n) is 3.90. The van der Waals surface area contributed by atoms with Crippen molar-refractivity contribution in [1.29, 1.82) is 0 Å². The maximum absolute atomic E-state index is 13.9. The molecule has 1 fully saturated rings. The lowest BCUT2D eigenvalue weighted by Crippen LogP contribution is -2.54. The zero-order valence-electron chi connectivity index (χ0n) is 11.7. The molecule has 1 heterocycles. The summed E-state index contributed by atoms with van der Waals surface area (Å²) in [6, 6.07) is 4.85. The van der Waals surface area contributed by atoms with Crippen LogP contribution in [-0.2, 0) is 15.9 Å². The smallest absolute Gasteiger partial charge is 0.127 e. The first-order valence-corrected chi connectivity index (χ1v) is 7.78. The van der Waals surface area contributed by atoms with Crippen LogP contribution in [0.2, 0.25) is 0 Å². The van der Waals surface area contributed by atoms with Gasteiger partial charge in [-0.1, -0.05) is 22.0 Å². The molecular formula is C15H21BrFNO2. The summed E-state index contributed by atoms with van der Waals surface area (Å²) < 4.78 is 26.0. The van der Waals surface area contributed by atoms with Gasteiger partial charge in [-0.3, -0.25) is 0 Å². The third kappa shape index (κ3) is 3.58. The lowest BCUT2D eigenvalue weighted by atomic mass is 9.83. The minimum Gasteiger partial charge on any atom is -0.381 e. The van der Waals surface area contributed by atoms with Crippen LogP contribution < -0.4 is 5.73 Å². The van der Waals surface area contributed by atoms with Crippen molar-refractivity contribution in [3.63, 3.8) is 0 Å². The first-order chi connectivity index (χ1) is 9.57. The number of benzene rings is 1. The second-order valence-corrected chi connectivity index (χ2v) is 6.07. The van der Waals surface area contributed by atoms with Gasteiger partial charge in [0, 0.05) is 43.2 Å². The fourth-order valence-electron chi connectivity index (χ4n) is 2.74. The number of hydrogen-bond acceptors (Lipinski definition) is 3. The van der Waals surface area contributed by atoms with Crippen molar-refractivity contribution in [2.75, 3.05) is 19.8 Å². The van der Waals surface area contributed by atoms with Gasteiger partial charge in [0.25, 0.3) is 0 Å². The van der Waals surface area contributed by atoms with Crippen molar-refractivity contribution in [2.45, 2.75) is 37.8 Å². The fraction of sp³-hybridized carbons (Fsp3) is 0.600. The predicted octanol–water partition coefficient (Wildman–Crippen LogP) is 3.04. The van der Waals surface area contributed by atoms with Gasteiger partial charge in [-0.25, -0.2) is 4.39 Å².